The molecule has 2 fully saturated rings. The van der Waals surface area contributed by atoms with Crippen LogP contribution in [0.25, 0.3) is 22.5 Å². The summed E-state index contributed by atoms with van der Waals surface area (Å²) in [6.07, 6.45) is 7.67. The molecule has 0 unspecified atom stereocenters. The molecule has 0 radical (unpaired) electrons. The second kappa shape index (κ2) is 23.9. The van der Waals surface area contributed by atoms with Crippen LogP contribution in [0.4, 0.5) is 28.7 Å². The molecule has 75 heavy (non-hydrogen) atoms. The molecular formula is C58H56ClN11O5. The molecule has 0 spiro atoms. The van der Waals surface area contributed by atoms with Crippen molar-refractivity contribution in [3.8, 4) is 22.5 Å². The van der Waals surface area contributed by atoms with E-state index >= 15 is 0 Å². The Morgan fingerprint density at radius 1 is 0.587 bits per heavy atom. The number of ketones is 1. The zero-order valence-corrected chi connectivity index (χ0v) is 42.7. The van der Waals surface area contributed by atoms with Gasteiger partial charge in [0.1, 0.15) is 16.8 Å². The smallest absolute Gasteiger partial charge is 0.289 e. The third-order valence-corrected chi connectivity index (χ3v) is 13.1. The number of amides is 3. The van der Waals surface area contributed by atoms with Gasteiger partial charge in [-0.1, -0.05) is 60.1 Å². The normalized spacial score (nSPS) is 13.4. The highest BCUT2D eigenvalue weighted by molar-refractivity contribution is 6.29. The first-order valence-electron chi connectivity index (χ1n) is 24.7. The number of piperazine rings is 2. The van der Waals surface area contributed by atoms with Gasteiger partial charge >= 0.3 is 0 Å². The number of hydrogen-bond acceptors (Lipinski definition) is 13. The summed E-state index contributed by atoms with van der Waals surface area (Å²) < 4.78 is 5.37. The van der Waals surface area contributed by atoms with Crippen molar-refractivity contribution in [1.29, 1.82) is 0 Å². The number of halogens is 1. The van der Waals surface area contributed by atoms with E-state index in [-0.39, 0.29) is 23.5 Å². The van der Waals surface area contributed by atoms with Gasteiger partial charge in [0.25, 0.3) is 11.8 Å². The van der Waals surface area contributed by atoms with Crippen LogP contribution < -0.4 is 20.4 Å². The maximum atomic E-state index is 12.7. The summed E-state index contributed by atoms with van der Waals surface area (Å²) >= 11 is 5.84. The van der Waals surface area contributed by atoms with E-state index in [4.69, 9.17) is 21.0 Å². The lowest BCUT2D eigenvalue weighted by Crippen LogP contribution is -2.48. The average molecular weight is 1020 g/mol. The number of Topliss-reactive ketones (excluding diaryl/α,β-unsaturated/α-hetero) is 1. The number of benzene rings is 4. The number of nitrogens with zero attached hydrogens (tertiary/aromatic N) is 9. The Morgan fingerprint density at radius 3 is 1.72 bits per heavy atom. The van der Waals surface area contributed by atoms with Gasteiger partial charge in [-0.2, -0.15) is 0 Å². The zero-order chi connectivity index (χ0) is 52.3. The van der Waals surface area contributed by atoms with Crippen LogP contribution in [0.1, 0.15) is 57.3 Å². The van der Waals surface area contributed by atoms with Crippen LogP contribution in [0.3, 0.4) is 0 Å². The Hall–Kier alpha value is -8.76. The van der Waals surface area contributed by atoms with Gasteiger partial charge in [-0.3, -0.25) is 19.2 Å². The number of carbonyl (C=O) groups excluding carboxylic acids is 4. The highest BCUT2D eigenvalue weighted by Crippen LogP contribution is 2.26. The van der Waals surface area contributed by atoms with Crippen molar-refractivity contribution in [1.82, 2.24) is 34.7 Å². The summed E-state index contributed by atoms with van der Waals surface area (Å²) in [4.78, 5) is 78.5. The minimum Gasteiger partial charge on any atom is -0.459 e. The van der Waals surface area contributed by atoms with Crippen LogP contribution in [0.5, 0.6) is 0 Å². The third-order valence-electron chi connectivity index (χ3n) is 12.9. The van der Waals surface area contributed by atoms with Crippen LogP contribution in [-0.4, -0.2) is 111 Å². The van der Waals surface area contributed by atoms with Crippen molar-refractivity contribution >= 4 is 63.8 Å². The van der Waals surface area contributed by atoms with E-state index in [1.807, 2.05) is 95.6 Å². The van der Waals surface area contributed by atoms with Crippen LogP contribution in [-0.2, 0) is 22.4 Å². The van der Waals surface area contributed by atoms with Crippen LogP contribution in [0.15, 0.2) is 157 Å². The van der Waals surface area contributed by atoms with Crippen LogP contribution in [0.2, 0.25) is 5.15 Å². The standard InChI is InChI=1S/C30H28ClN5O2.C28H28N6O3/c1-21(37)18-22-2-6-24(7-3-22)27-12-13-32-29(34-27)19-23-4-9-26(10-5-23)35-14-16-36(17-15-35)30(38)25-8-11-28(31)33-20-25;1-19-12-18-37-26(19)27(36)34-16-14-33(15-17-34)24-9-7-23(8-10-24)31-28-29-13-11-25(32-28)21-3-5-22(6-4-21)30-20(2)35/h2-13,20H,14-19H2,1H3;3-13,18H,14-17H2,1-2H3,(H,30,35)(H,29,31,32). The first-order valence-corrected chi connectivity index (χ1v) is 25.1. The minimum atomic E-state index is -0.107. The van der Waals surface area contributed by atoms with Crippen molar-refractivity contribution in [2.45, 2.75) is 33.6 Å². The SMILES string of the molecule is CC(=O)Cc1ccc(-c2ccnc(Cc3ccc(N4CCN(C(=O)c5ccc(Cl)nc5)CC4)cc3)n2)cc1.CC(=O)Nc1ccc(-c2ccnc(Nc3ccc(N4CCN(C(=O)c5occc5C)CC4)cc3)n2)cc1. The van der Waals surface area contributed by atoms with Gasteiger partial charge in [0.15, 0.2) is 5.76 Å². The minimum absolute atomic E-state index is 0.0154. The zero-order valence-electron chi connectivity index (χ0n) is 41.9. The highest BCUT2D eigenvalue weighted by atomic mass is 35.5. The molecule has 8 aromatic rings. The van der Waals surface area contributed by atoms with E-state index in [0.717, 1.165) is 94.0 Å². The second-order valence-corrected chi connectivity index (χ2v) is 18.7. The molecule has 3 amide bonds. The molecule has 0 saturated carbocycles. The number of furan rings is 1. The van der Waals surface area contributed by atoms with Crippen molar-refractivity contribution in [2.24, 2.45) is 0 Å². The summed E-state index contributed by atoms with van der Waals surface area (Å²) in [6.45, 7) is 10.6. The highest BCUT2D eigenvalue weighted by Gasteiger charge is 2.26. The van der Waals surface area contributed by atoms with Gasteiger partial charge in [0.2, 0.25) is 11.9 Å². The van der Waals surface area contributed by atoms with E-state index in [1.165, 1.54) is 13.1 Å². The quantitative estimate of drug-likeness (QED) is 0.104. The number of aryl methyl sites for hydroxylation is 1. The number of anilines is 5. The number of rotatable bonds is 13. The lowest BCUT2D eigenvalue weighted by atomic mass is 10.1. The Labute approximate surface area is 440 Å². The molecule has 10 rings (SSSR count). The van der Waals surface area contributed by atoms with E-state index in [2.05, 4.69) is 76.8 Å². The number of hydrogen-bond donors (Lipinski definition) is 2. The summed E-state index contributed by atoms with van der Waals surface area (Å²) in [5.74, 6) is 1.66. The molecule has 2 N–H and O–H groups in total. The molecule has 2 aliphatic heterocycles. The summed E-state index contributed by atoms with van der Waals surface area (Å²) in [6, 6.07) is 40.9. The fourth-order valence-electron chi connectivity index (χ4n) is 8.88. The number of nitrogens with one attached hydrogen (secondary N) is 2. The summed E-state index contributed by atoms with van der Waals surface area (Å²) in [5.41, 5.74) is 11.0. The van der Waals surface area contributed by atoms with Gasteiger partial charge in [-0.25, -0.2) is 24.9 Å². The van der Waals surface area contributed by atoms with Crippen molar-refractivity contribution in [3.63, 3.8) is 0 Å². The molecule has 6 heterocycles. The maximum absolute atomic E-state index is 12.7. The molecule has 2 aliphatic rings. The Morgan fingerprint density at radius 2 is 1.15 bits per heavy atom. The predicted molar refractivity (Wildman–Crippen MR) is 292 cm³/mol. The van der Waals surface area contributed by atoms with Crippen molar-refractivity contribution in [3.05, 3.63) is 191 Å². The average Bonchev–Trinajstić information content (AvgIpc) is 3.87. The van der Waals surface area contributed by atoms with Gasteiger partial charge in [0, 0.05) is 130 Å². The van der Waals surface area contributed by atoms with E-state index in [9.17, 15) is 19.2 Å². The summed E-state index contributed by atoms with van der Waals surface area (Å²) in [7, 11) is 0. The number of aromatic nitrogens is 5. The summed E-state index contributed by atoms with van der Waals surface area (Å²) in [5, 5.41) is 6.41. The van der Waals surface area contributed by atoms with E-state index in [0.29, 0.717) is 61.4 Å². The molecule has 16 nitrogen and oxygen atoms in total. The number of pyridine rings is 1. The van der Waals surface area contributed by atoms with Gasteiger partial charge < -0.3 is 34.7 Å². The molecule has 0 bridgehead atoms. The predicted octanol–water partition coefficient (Wildman–Crippen LogP) is 9.59. The first kappa shape index (κ1) is 51.2. The molecule has 0 aliphatic carbocycles. The Balaban J connectivity index is 0.000000184. The largest absolute Gasteiger partial charge is 0.459 e. The van der Waals surface area contributed by atoms with Gasteiger partial charge in [-0.05, 0) is 104 Å². The van der Waals surface area contributed by atoms with Crippen LogP contribution in [0, 0.1) is 6.92 Å². The number of carbonyl (C=O) groups is 4. The monoisotopic (exact) mass is 1020 g/mol. The molecule has 17 heteroatoms. The molecule has 0 atom stereocenters. The van der Waals surface area contributed by atoms with Crippen molar-refractivity contribution in [2.75, 3.05) is 72.8 Å². The topological polar surface area (TPSA) is 183 Å². The molecule has 2 saturated heterocycles. The molecule has 380 valence electrons. The maximum Gasteiger partial charge on any atom is 0.289 e. The lowest BCUT2D eigenvalue weighted by molar-refractivity contribution is -0.116. The molecule has 4 aromatic carbocycles. The molecule has 4 aromatic heterocycles. The van der Waals surface area contributed by atoms with Crippen LogP contribution >= 0.6 is 11.6 Å². The third kappa shape index (κ3) is 13.5. The van der Waals surface area contributed by atoms with Crippen molar-refractivity contribution < 1.29 is 23.6 Å². The van der Waals surface area contributed by atoms with Gasteiger partial charge in [-0.15, -0.1) is 0 Å². The Bertz CT molecular complexity index is 3240. The van der Waals surface area contributed by atoms with E-state index < -0.39 is 0 Å². The first-order chi connectivity index (χ1) is 36.4. The molecular weight excluding hydrogens is 966 g/mol. The Kier molecular flexibility index (Phi) is 16.3. The second-order valence-electron chi connectivity index (χ2n) is 18.3. The van der Waals surface area contributed by atoms with E-state index in [1.54, 1.807) is 37.7 Å². The fourth-order valence-corrected chi connectivity index (χ4v) is 8.99. The van der Waals surface area contributed by atoms with Gasteiger partial charge in [0.05, 0.1) is 23.2 Å². The fraction of sp³-hybridized carbons (Fsp3) is 0.224. The lowest BCUT2D eigenvalue weighted by Gasteiger charge is -2.36.